The van der Waals surface area contributed by atoms with E-state index in [1.165, 1.54) is 44.8 Å². The van der Waals surface area contributed by atoms with Gasteiger partial charge >= 0.3 is 0 Å². The summed E-state index contributed by atoms with van der Waals surface area (Å²) in [7, 11) is -1.66. The third kappa shape index (κ3) is 5.05. The molecule has 0 saturated heterocycles. The molecule has 0 unspecified atom stereocenters. The van der Waals surface area contributed by atoms with E-state index in [2.05, 4.69) is 56.0 Å². The average Bonchev–Trinajstić information content (AvgIpc) is 2.45. The minimum Gasteiger partial charge on any atom is -0.309 e. The van der Waals surface area contributed by atoms with Crippen LogP contribution in [0, 0.1) is 0 Å². The molecule has 0 bridgehead atoms. The van der Waals surface area contributed by atoms with Crippen LogP contribution in [0.1, 0.15) is 60.3 Å². The van der Waals surface area contributed by atoms with E-state index in [1.807, 2.05) is 0 Å². The second kappa shape index (κ2) is 10.6. The molecule has 0 aromatic rings. The first-order chi connectivity index (χ1) is 9.16. The van der Waals surface area contributed by atoms with E-state index in [4.69, 9.17) is 0 Å². The quantitative estimate of drug-likeness (QED) is 0.490. The van der Waals surface area contributed by atoms with Crippen molar-refractivity contribution in [3.8, 4) is 0 Å². The summed E-state index contributed by atoms with van der Waals surface area (Å²) in [5.41, 5.74) is 2.35. The van der Waals surface area contributed by atoms with Gasteiger partial charge in [-0.1, -0.05) is 53.2 Å². The van der Waals surface area contributed by atoms with Gasteiger partial charge in [-0.05, 0) is 45.1 Å². The Bertz CT molecular complexity index is 217. The Kier molecular flexibility index (Phi) is 10.6. The molecule has 0 fully saturated rings. The van der Waals surface area contributed by atoms with Crippen LogP contribution in [0.4, 0.5) is 0 Å². The lowest BCUT2D eigenvalue weighted by Crippen LogP contribution is -2.65. The van der Waals surface area contributed by atoms with Gasteiger partial charge in [-0.15, -0.1) is 6.58 Å². The van der Waals surface area contributed by atoms with E-state index < -0.39 is 8.40 Å². The van der Waals surface area contributed by atoms with E-state index in [9.17, 15) is 0 Å². The normalized spacial score (nSPS) is 12.4. The van der Waals surface area contributed by atoms with Gasteiger partial charge in [0.1, 0.15) is 0 Å². The number of unbranched alkanes of at least 4 members (excludes halogenated alkanes) is 1. The molecule has 0 aliphatic heterocycles. The fraction of sp³-hybridized carbons (Fsp3) is 0.875. The molecule has 3 heteroatoms. The Morgan fingerprint density at radius 1 is 0.842 bits per heavy atom. The Hall–Kier alpha value is -0.123. The number of nitrogens with zero attached hydrogens (tertiary/aromatic N) is 2. The van der Waals surface area contributed by atoms with E-state index in [0.29, 0.717) is 0 Å². The maximum atomic E-state index is 4.27. The van der Waals surface area contributed by atoms with Crippen LogP contribution in [0.3, 0.4) is 0 Å². The standard InChI is InChI=1S/C16H36N2Si/c1-7-13-16-19(12-6,17(10-4)14-8-2)18(11-5)15-9-3/h12H,6-11,13-16H2,1-5H3. The predicted molar refractivity (Wildman–Crippen MR) is 90.7 cm³/mol. The molecule has 0 aliphatic rings. The largest absolute Gasteiger partial charge is 0.309 e. The molecule has 114 valence electrons. The smallest absolute Gasteiger partial charge is 0.231 e. The van der Waals surface area contributed by atoms with Crippen LogP contribution in [0.5, 0.6) is 0 Å². The molecule has 0 amide bonds. The zero-order chi connectivity index (χ0) is 14.7. The highest BCUT2D eigenvalue weighted by Crippen LogP contribution is 2.25. The third-order valence-electron chi connectivity index (χ3n) is 4.07. The maximum Gasteiger partial charge on any atom is 0.231 e. The summed E-state index contributed by atoms with van der Waals surface area (Å²) >= 11 is 0. The highest BCUT2D eigenvalue weighted by Gasteiger charge is 2.40. The van der Waals surface area contributed by atoms with Crippen molar-refractivity contribution in [3.63, 3.8) is 0 Å². The second-order valence-electron chi connectivity index (χ2n) is 5.35. The van der Waals surface area contributed by atoms with Crippen LogP contribution in [-0.4, -0.2) is 43.7 Å². The summed E-state index contributed by atoms with van der Waals surface area (Å²) in [6, 6.07) is 1.34. The molecule has 0 radical (unpaired) electrons. The van der Waals surface area contributed by atoms with Gasteiger partial charge in [-0.3, -0.25) is 0 Å². The molecule has 0 atom stereocenters. The van der Waals surface area contributed by atoms with Crippen molar-refractivity contribution in [2.45, 2.75) is 66.3 Å². The van der Waals surface area contributed by atoms with Gasteiger partial charge in [0.05, 0.1) is 0 Å². The van der Waals surface area contributed by atoms with Crippen molar-refractivity contribution in [2.75, 3.05) is 26.2 Å². The van der Waals surface area contributed by atoms with Crippen molar-refractivity contribution >= 4 is 8.40 Å². The maximum absolute atomic E-state index is 4.27. The predicted octanol–water partition coefficient (Wildman–Crippen LogP) is 4.42. The lowest BCUT2D eigenvalue weighted by atomic mass is 10.4. The van der Waals surface area contributed by atoms with E-state index in [1.54, 1.807) is 0 Å². The van der Waals surface area contributed by atoms with Crippen molar-refractivity contribution in [3.05, 3.63) is 12.3 Å². The van der Waals surface area contributed by atoms with Gasteiger partial charge in [0.2, 0.25) is 8.40 Å². The molecule has 19 heavy (non-hydrogen) atoms. The molecule has 0 spiro atoms. The molecule has 2 nitrogen and oxygen atoms in total. The van der Waals surface area contributed by atoms with E-state index in [-0.39, 0.29) is 0 Å². The molecule has 0 saturated carbocycles. The van der Waals surface area contributed by atoms with Crippen molar-refractivity contribution in [1.29, 1.82) is 0 Å². The average molecular weight is 285 g/mol. The SMILES string of the molecule is C=C[Si](CCCC)(N(CC)CCC)N(CC)CCC. The molecule has 0 aromatic carbocycles. The molecular weight excluding hydrogens is 248 g/mol. The summed E-state index contributed by atoms with van der Waals surface area (Å²) < 4.78 is 5.52. The number of hydrogen-bond donors (Lipinski definition) is 0. The summed E-state index contributed by atoms with van der Waals surface area (Å²) in [6.45, 7) is 20.5. The molecular formula is C16H36N2Si. The van der Waals surface area contributed by atoms with Crippen molar-refractivity contribution < 1.29 is 0 Å². The van der Waals surface area contributed by atoms with Crippen LogP contribution in [0.15, 0.2) is 12.3 Å². The van der Waals surface area contributed by atoms with Gasteiger partial charge in [0, 0.05) is 0 Å². The molecule has 0 heterocycles. The van der Waals surface area contributed by atoms with Gasteiger partial charge in [0.15, 0.2) is 0 Å². The van der Waals surface area contributed by atoms with Gasteiger partial charge in [-0.25, -0.2) is 0 Å². The molecule has 0 rings (SSSR count). The fourth-order valence-corrected chi connectivity index (χ4v) is 8.05. The van der Waals surface area contributed by atoms with E-state index >= 15 is 0 Å². The monoisotopic (exact) mass is 284 g/mol. The first kappa shape index (κ1) is 18.9. The summed E-state index contributed by atoms with van der Waals surface area (Å²) in [4.78, 5) is 0. The topological polar surface area (TPSA) is 6.48 Å². The van der Waals surface area contributed by atoms with Gasteiger partial charge in [0.25, 0.3) is 0 Å². The lowest BCUT2D eigenvalue weighted by Gasteiger charge is -2.47. The van der Waals surface area contributed by atoms with Crippen LogP contribution < -0.4 is 0 Å². The fourth-order valence-electron chi connectivity index (χ4n) is 3.10. The Balaban J connectivity index is 5.28. The first-order valence-electron chi connectivity index (χ1n) is 8.30. The first-order valence-corrected chi connectivity index (χ1v) is 10.5. The zero-order valence-electron chi connectivity index (χ0n) is 14.0. The highest BCUT2D eigenvalue weighted by atomic mass is 28.3. The summed E-state index contributed by atoms with van der Waals surface area (Å²) in [5.74, 6) is 0. The minimum absolute atomic E-state index is 1.16. The summed E-state index contributed by atoms with van der Waals surface area (Å²) in [5, 5.41) is 0. The highest BCUT2D eigenvalue weighted by molar-refractivity contribution is 6.79. The van der Waals surface area contributed by atoms with Crippen molar-refractivity contribution in [2.24, 2.45) is 0 Å². The Labute approximate surface area is 123 Å². The van der Waals surface area contributed by atoms with Gasteiger partial charge < -0.3 is 9.13 Å². The van der Waals surface area contributed by atoms with Crippen molar-refractivity contribution in [1.82, 2.24) is 9.13 Å². The Morgan fingerprint density at radius 2 is 1.32 bits per heavy atom. The molecule has 0 aromatic heterocycles. The Morgan fingerprint density at radius 3 is 1.58 bits per heavy atom. The zero-order valence-corrected chi connectivity index (χ0v) is 15.0. The third-order valence-corrected chi connectivity index (χ3v) is 9.08. The van der Waals surface area contributed by atoms with Crippen LogP contribution in [0.2, 0.25) is 6.04 Å². The summed E-state index contributed by atoms with van der Waals surface area (Å²) in [6.07, 6.45) is 5.10. The number of rotatable bonds is 12. The number of hydrogen-bond acceptors (Lipinski definition) is 2. The lowest BCUT2D eigenvalue weighted by molar-refractivity contribution is 0.338. The minimum atomic E-state index is -1.66. The molecule has 0 N–H and O–H groups in total. The molecule has 0 aliphatic carbocycles. The van der Waals surface area contributed by atoms with Crippen LogP contribution in [0.25, 0.3) is 0 Å². The van der Waals surface area contributed by atoms with Crippen LogP contribution in [-0.2, 0) is 0 Å². The second-order valence-corrected chi connectivity index (χ2v) is 9.28. The van der Waals surface area contributed by atoms with Crippen LogP contribution >= 0.6 is 0 Å². The van der Waals surface area contributed by atoms with Gasteiger partial charge in [-0.2, -0.15) is 0 Å². The van der Waals surface area contributed by atoms with E-state index in [0.717, 1.165) is 13.1 Å².